The van der Waals surface area contributed by atoms with Crippen LogP contribution >= 0.6 is 23.1 Å². The second-order valence-corrected chi connectivity index (χ2v) is 5.54. The summed E-state index contributed by atoms with van der Waals surface area (Å²) in [5.41, 5.74) is 0. The lowest BCUT2D eigenvalue weighted by molar-refractivity contribution is 0.683. The van der Waals surface area contributed by atoms with E-state index in [9.17, 15) is 0 Å². The van der Waals surface area contributed by atoms with Crippen molar-refractivity contribution in [2.75, 3.05) is 11.5 Å². The van der Waals surface area contributed by atoms with Crippen LogP contribution in [0.1, 0.15) is 11.3 Å². The molecule has 0 radical (unpaired) electrons. The Bertz CT molecular complexity index is 463. The molecule has 0 N–H and O–H groups in total. The maximum atomic E-state index is 4.01. The number of thioether (sulfide) groups is 1. The third-order valence-corrected chi connectivity index (χ3v) is 3.88. The molecule has 2 nitrogen and oxygen atoms in total. The highest BCUT2D eigenvalue weighted by Gasteiger charge is 1.90. The van der Waals surface area contributed by atoms with Crippen LogP contribution < -0.4 is 0 Å². The number of nitrogens with zero attached hydrogens (tertiary/aromatic N) is 2. The standard InChI is InChI=1S/C13H14N2S2/c1(4-13-5-2-11-17-13)9-16-10-3-7-15-8-6-14-12-15/h2,5-6,8,11-12H,3,7,9-10H2. The Balaban J connectivity index is 1.55. The van der Waals surface area contributed by atoms with Crippen molar-refractivity contribution in [3.63, 3.8) is 0 Å². The number of imidazole rings is 1. The molecule has 17 heavy (non-hydrogen) atoms. The molecule has 0 aromatic carbocycles. The molecular formula is C13H14N2S2. The van der Waals surface area contributed by atoms with Crippen molar-refractivity contribution < 1.29 is 0 Å². The van der Waals surface area contributed by atoms with Gasteiger partial charge in [-0.3, -0.25) is 0 Å². The Kier molecular flexibility index (Phi) is 5.21. The van der Waals surface area contributed by atoms with Gasteiger partial charge >= 0.3 is 0 Å². The molecule has 0 aliphatic carbocycles. The third-order valence-electron chi connectivity index (χ3n) is 2.17. The minimum absolute atomic E-state index is 0.918. The van der Waals surface area contributed by atoms with Crippen molar-refractivity contribution in [1.29, 1.82) is 0 Å². The lowest BCUT2D eigenvalue weighted by Crippen LogP contribution is -1.95. The van der Waals surface area contributed by atoms with Gasteiger partial charge in [0.1, 0.15) is 0 Å². The molecule has 0 aliphatic rings. The van der Waals surface area contributed by atoms with Crippen LogP contribution in [0, 0.1) is 11.8 Å². The Morgan fingerprint density at radius 1 is 1.47 bits per heavy atom. The second-order valence-electron chi connectivity index (χ2n) is 3.49. The van der Waals surface area contributed by atoms with Crippen LogP contribution in [-0.4, -0.2) is 21.1 Å². The topological polar surface area (TPSA) is 17.8 Å². The second kappa shape index (κ2) is 7.21. The van der Waals surface area contributed by atoms with Gasteiger partial charge in [0.05, 0.1) is 17.0 Å². The summed E-state index contributed by atoms with van der Waals surface area (Å²) in [6, 6.07) is 4.09. The van der Waals surface area contributed by atoms with Gasteiger partial charge in [0.2, 0.25) is 0 Å². The zero-order chi connectivity index (χ0) is 11.8. The van der Waals surface area contributed by atoms with Crippen LogP contribution in [-0.2, 0) is 6.54 Å². The molecule has 2 aromatic rings. The van der Waals surface area contributed by atoms with Gasteiger partial charge < -0.3 is 4.57 Å². The summed E-state index contributed by atoms with van der Waals surface area (Å²) in [4.78, 5) is 5.17. The van der Waals surface area contributed by atoms with E-state index in [1.165, 1.54) is 6.42 Å². The average molecular weight is 262 g/mol. The summed E-state index contributed by atoms with van der Waals surface area (Å²) in [6.45, 7) is 1.05. The fraction of sp³-hybridized carbons (Fsp3) is 0.308. The van der Waals surface area contributed by atoms with Crippen LogP contribution in [0.2, 0.25) is 0 Å². The molecule has 0 saturated heterocycles. The first-order chi connectivity index (χ1) is 8.45. The smallest absolute Gasteiger partial charge is 0.0945 e. The maximum absolute atomic E-state index is 4.01. The highest BCUT2D eigenvalue weighted by atomic mass is 32.2. The number of rotatable bonds is 5. The summed E-state index contributed by atoms with van der Waals surface area (Å²) < 4.78 is 2.11. The van der Waals surface area contributed by atoms with Gasteiger partial charge in [-0.2, -0.15) is 0 Å². The molecule has 4 heteroatoms. The summed E-state index contributed by atoms with van der Waals surface area (Å²) in [6.07, 6.45) is 6.85. The zero-order valence-electron chi connectivity index (χ0n) is 9.50. The minimum atomic E-state index is 0.918. The molecular weight excluding hydrogens is 248 g/mol. The van der Waals surface area contributed by atoms with E-state index in [1.54, 1.807) is 11.3 Å². The molecule has 2 rings (SSSR count). The van der Waals surface area contributed by atoms with E-state index in [4.69, 9.17) is 0 Å². The molecule has 0 saturated carbocycles. The van der Waals surface area contributed by atoms with E-state index in [2.05, 4.69) is 32.8 Å². The summed E-state index contributed by atoms with van der Waals surface area (Å²) >= 11 is 3.59. The van der Waals surface area contributed by atoms with E-state index in [-0.39, 0.29) is 0 Å². The largest absolute Gasteiger partial charge is 0.337 e. The van der Waals surface area contributed by atoms with Crippen molar-refractivity contribution >= 4 is 23.1 Å². The van der Waals surface area contributed by atoms with Crippen LogP contribution in [0.15, 0.2) is 36.2 Å². The molecule has 0 amide bonds. The number of thiophene rings is 1. The third kappa shape index (κ3) is 4.68. The van der Waals surface area contributed by atoms with Gasteiger partial charge in [0.15, 0.2) is 0 Å². The van der Waals surface area contributed by atoms with Gasteiger partial charge in [-0.1, -0.05) is 17.9 Å². The first kappa shape index (κ1) is 12.3. The van der Waals surface area contributed by atoms with E-state index in [1.807, 2.05) is 36.5 Å². The average Bonchev–Trinajstić information content (AvgIpc) is 3.00. The molecule has 0 spiro atoms. The highest BCUT2D eigenvalue weighted by Crippen LogP contribution is 2.07. The van der Waals surface area contributed by atoms with Crippen molar-refractivity contribution in [3.8, 4) is 11.8 Å². The normalized spacial score (nSPS) is 9.88. The summed E-state index contributed by atoms with van der Waals surface area (Å²) in [5.74, 6) is 8.42. The first-order valence-electron chi connectivity index (χ1n) is 5.51. The summed E-state index contributed by atoms with van der Waals surface area (Å²) in [7, 11) is 0. The van der Waals surface area contributed by atoms with Crippen LogP contribution in [0.4, 0.5) is 0 Å². The van der Waals surface area contributed by atoms with Crippen molar-refractivity contribution in [2.45, 2.75) is 13.0 Å². The van der Waals surface area contributed by atoms with E-state index in [0.717, 1.165) is 22.9 Å². The number of aryl methyl sites for hydroxylation is 1. The molecule has 0 atom stereocenters. The first-order valence-corrected chi connectivity index (χ1v) is 7.54. The maximum Gasteiger partial charge on any atom is 0.0945 e. The van der Waals surface area contributed by atoms with Gasteiger partial charge in [0.25, 0.3) is 0 Å². The number of hydrogen-bond acceptors (Lipinski definition) is 3. The molecule has 2 heterocycles. The van der Waals surface area contributed by atoms with Gasteiger partial charge in [0, 0.05) is 18.9 Å². The number of aromatic nitrogens is 2. The van der Waals surface area contributed by atoms with E-state index in [0.29, 0.717) is 0 Å². The Morgan fingerprint density at radius 2 is 2.47 bits per heavy atom. The van der Waals surface area contributed by atoms with Gasteiger partial charge in [-0.15, -0.1) is 23.1 Å². The minimum Gasteiger partial charge on any atom is -0.337 e. The molecule has 0 aliphatic heterocycles. The molecule has 0 unspecified atom stereocenters. The van der Waals surface area contributed by atoms with Crippen LogP contribution in [0.5, 0.6) is 0 Å². The quantitative estimate of drug-likeness (QED) is 0.608. The Hall–Kier alpha value is -1.18. The van der Waals surface area contributed by atoms with Gasteiger partial charge in [-0.25, -0.2) is 4.98 Å². The Morgan fingerprint density at radius 3 is 3.24 bits per heavy atom. The van der Waals surface area contributed by atoms with Crippen molar-refractivity contribution in [3.05, 3.63) is 41.1 Å². The van der Waals surface area contributed by atoms with Gasteiger partial charge in [-0.05, 0) is 23.6 Å². The predicted octanol–water partition coefficient (Wildman–Crippen LogP) is 3.12. The molecule has 0 bridgehead atoms. The monoisotopic (exact) mass is 262 g/mol. The molecule has 0 fully saturated rings. The lowest BCUT2D eigenvalue weighted by atomic mass is 10.5. The zero-order valence-corrected chi connectivity index (χ0v) is 11.1. The predicted molar refractivity (Wildman–Crippen MR) is 75.4 cm³/mol. The molecule has 88 valence electrons. The lowest BCUT2D eigenvalue weighted by Gasteiger charge is -1.99. The fourth-order valence-corrected chi connectivity index (χ4v) is 2.61. The van der Waals surface area contributed by atoms with Crippen LogP contribution in [0.25, 0.3) is 0 Å². The van der Waals surface area contributed by atoms with E-state index >= 15 is 0 Å². The Labute approximate surface area is 110 Å². The summed E-state index contributed by atoms with van der Waals surface area (Å²) in [5, 5.41) is 2.06. The van der Waals surface area contributed by atoms with Crippen LogP contribution in [0.3, 0.4) is 0 Å². The van der Waals surface area contributed by atoms with E-state index < -0.39 is 0 Å². The molecule has 2 aromatic heterocycles. The highest BCUT2D eigenvalue weighted by molar-refractivity contribution is 7.99. The number of hydrogen-bond donors (Lipinski definition) is 0. The SMILES string of the molecule is C(#Cc1cccs1)CSCCCn1ccnc1. The van der Waals surface area contributed by atoms with Crippen molar-refractivity contribution in [2.24, 2.45) is 0 Å². The fourth-order valence-electron chi connectivity index (χ4n) is 1.36. The van der Waals surface area contributed by atoms with Crippen molar-refractivity contribution in [1.82, 2.24) is 9.55 Å².